The summed E-state index contributed by atoms with van der Waals surface area (Å²) in [5.41, 5.74) is 1.35. The van der Waals surface area contributed by atoms with Gasteiger partial charge in [0.05, 0.1) is 13.4 Å². The molecule has 150 valence electrons. The number of methoxy groups -OCH3 is 1. The zero-order valence-electron chi connectivity index (χ0n) is 16.9. The molecule has 0 amide bonds. The van der Waals surface area contributed by atoms with Gasteiger partial charge < -0.3 is 14.2 Å². The number of aromatic nitrogens is 4. The first kappa shape index (κ1) is 19.9. The van der Waals surface area contributed by atoms with Crippen LogP contribution in [0, 0.1) is 0 Å². The van der Waals surface area contributed by atoms with E-state index in [9.17, 15) is 9.59 Å². The van der Waals surface area contributed by atoms with E-state index in [1.807, 2.05) is 54.8 Å². The predicted molar refractivity (Wildman–Crippen MR) is 109 cm³/mol. The summed E-state index contributed by atoms with van der Waals surface area (Å²) in [6, 6.07) is 7.68. The Balaban J connectivity index is 2.11. The highest BCUT2D eigenvalue weighted by Gasteiger charge is 2.18. The molecule has 28 heavy (non-hydrogen) atoms. The molecule has 0 spiro atoms. The van der Waals surface area contributed by atoms with Crippen LogP contribution >= 0.6 is 0 Å². The lowest BCUT2D eigenvalue weighted by Gasteiger charge is -2.14. The molecule has 0 aliphatic rings. The second kappa shape index (κ2) is 8.43. The van der Waals surface area contributed by atoms with Gasteiger partial charge in [0, 0.05) is 26.2 Å². The summed E-state index contributed by atoms with van der Waals surface area (Å²) in [5.74, 6) is 0.780. The quantitative estimate of drug-likeness (QED) is 0.586. The molecule has 8 nitrogen and oxygen atoms in total. The summed E-state index contributed by atoms with van der Waals surface area (Å²) in [6.45, 7) is 3.98. The number of hydrogen-bond donors (Lipinski definition) is 0. The van der Waals surface area contributed by atoms with Crippen LogP contribution in [0.15, 0.2) is 40.2 Å². The van der Waals surface area contributed by atoms with E-state index in [1.54, 1.807) is 18.0 Å². The molecule has 0 N–H and O–H groups in total. The fourth-order valence-electron chi connectivity index (χ4n) is 3.21. The van der Waals surface area contributed by atoms with Gasteiger partial charge in [-0.15, -0.1) is 0 Å². The average molecular weight is 385 g/mol. The topological polar surface area (TPSA) is 74.3 Å². The molecule has 2 heterocycles. The maximum absolute atomic E-state index is 13.1. The summed E-state index contributed by atoms with van der Waals surface area (Å²) in [4.78, 5) is 32.4. The molecular weight excluding hydrogens is 358 g/mol. The molecule has 1 aromatic carbocycles. The van der Waals surface area contributed by atoms with Crippen LogP contribution in [0.3, 0.4) is 0 Å². The molecule has 3 aromatic rings. The number of hydrogen-bond acceptors (Lipinski definition) is 5. The van der Waals surface area contributed by atoms with Crippen molar-refractivity contribution < 1.29 is 4.74 Å². The molecule has 0 aliphatic carbocycles. The van der Waals surface area contributed by atoms with Crippen molar-refractivity contribution in [2.24, 2.45) is 0 Å². The number of fused-ring (bicyclic) bond motifs is 1. The first-order valence-electron chi connectivity index (χ1n) is 9.42. The summed E-state index contributed by atoms with van der Waals surface area (Å²) in [7, 11) is 5.46. The van der Waals surface area contributed by atoms with Gasteiger partial charge in [-0.1, -0.05) is 19.1 Å². The largest absolute Gasteiger partial charge is 0.497 e. The van der Waals surface area contributed by atoms with Gasteiger partial charge in [0.1, 0.15) is 5.75 Å². The van der Waals surface area contributed by atoms with E-state index in [2.05, 4.69) is 4.98 Å². The molecule has 8 heteroatoms. The minimum Gasteiger partial charge on any atom is -0.497 e. The SMILES string of the molecule is CCCn1c(=O)n(CCN(C)C)c(=O)c2c1ncn2Cc1ccc(OC)cc1. The van der Waals surface area contributed by atoms with E-state index in [1.165, 1.54) is 4.57 Å². The molecule has 2 aromatic heterocycles. The van der Waals surface area contributed by atoms with Gasteiger partial charge in [-0.25, -0.2) is 9.78 Å². The van der Waals surface area contributed by atoms with E-state index in [0.29, 0.717) is 37.3 Å². The van der Waals surface area contributed by atoms with Crippen molar-refractivity contribution in [1.82, 2.24) is 23.6 Å². The molecule has 0 saturated heterocycles. The van der Waals surface area contributed by atoms with Crippen molar-refractivity contribution in [3.63, 3.8) is 0 Å². The second-order valence-electron chi connectivity index (χ2n) is 7.09. The molecule has 0 atom stereocenters. The number of imidazole rings is 1. The van der Waals surface area contributed by atoms with Gasteiger partial charge in [0.25, 0.3) is 5.56 Å². The number of ether oxygens (including phenoxy) is 1. The monoisotopic (exact) mass is 385 g/mol. The van der Waals surface area contributed by atoms with Crippen molar-refractivity contribution in [1.29, 1.82) is 0 Å². The van der Waals surface area contributed by atoms with Crippen molar-refractivity contribution in [3.05, 3.63) is 57.0 Å². The third-order valence-electron chi connectivity index (χ3n) is 4.71. The van der Waals surface area contributed by atoms with Gasteiger partial charge in [-0.05, 0) is 38.2 Å². The lowest BCUT2D eigenvalue weighted by atomic mass is 10.2. The van der Waals surface area contributed by atoms with E-state index >= 15 is 0 Å². The summed E-state index contributed by atoms with van der Waals surface area (Å²) >= 11 is 0. The van der Waals surface area contributed by atoms with Crippen LogP contribution in [-0.4, -0.2) is 51.3 Å². The van der Waals surface area contributed by atoms with Crippen molar-refractivity contribution >= 4 is 11.2 Å². The van der Waals surface area contributed by atoms with Gasteiger partial charge in [0.15, 0.2) is 11.2 Å². The number of likely N-dealkylation sites (N-methyl/N-ethyl adjacent to an activating group) is 1. The van der Waals surface area contributed by atoms with Crippen molar-refractivity contribution in [2.75, 3.05) is 27.7 Å². The minimum atomic E-state index is -0.295. The van der Waals surface area contributed by atoms with Gasteiger partial charge in [0.2, 0.25) is 0 Å². The highest BCUT2D eigenvalue weighted by atomic mass is 16.5. The maximum atomic E-state index is 13.1. The molecule has 0 fully saturated rings. The fraction of sp³-hybridized carbons (Fsp3) is 0.450. The first-order valence-corrected chi connectivity index (χ1v) is 9.42. The Morgan fingerprint density at radius 3 is 2.39 bits per heavy atom. The van der Waals surface area contributed by atoms with Crippen LogP contribution in [0.25, 0.3) is 11.2 Å². The molecule has 3 rings (SSSR count). The van der Waals surface area contributed by atoms with Crippen LogP contribution in [-0.2, 0) is 19.6 Å². The Labute approximate surface area is 163 Å². The predicted octanol–water partition coefficient (Wildman–Crippen LogP) is 1.39. The Morgan fingerprint density at radius 2 is 1.79 bits per heavy atom. The lowest BCUT2D eigenvalue weighted by molar-refractivity contribution is 0.373. The molecule has 0 unspecified atom stereocenters. The highest BCUT2D eigenvalue weighted by molar-refractivity contribution is 5.70. The number of nitrogens with zero attached hydrogens (tertiary/aromatic N) is 5. The Bertz CT molecular complexity index is 1060. The standard InChI is InChI=1S/C20H27N5O3/c1-5-10-24-18-17(19(26)25(20(24)27)12-11-22(2)3)23(14-21-18)13-15-6-8-16(28-4)9-7-15/h6-9,14H,5,10-13H2,1-4H3. The fourth-order valence-corrected chi connectivity index (χ4v) is 3.21. The molecular formula is C20H27N5O3. The van der Waals surface area contributed by atoms with Crippen LogP contribution in [0.2, 0.25) is 0 Å². The normalized spacial score (nSPS) is 11.5. The van der Waals surface area contributed by atoms with Gasteiger partial charge >= 0.3 is 5.69 Å². The Hall–Kier alpha value is -2.87. The zero-order chi connectivity index (χ0) is 20.3. The van der Waals surface area contributed by atoms with E-state index in [-0.39, 0.29) is 11.2 Å². The molecule has 0 saturated carbocycles. The summed E-state index contributed by atoms with van der Waals surface area (Å²) in [6.07, 6.45) is 2.42. The Morgan fingerprint density at radius 1 is 1.07 bits per heavy atom. The van der Waals surface area contributed by atoms with E-state index in [0.717, 1.165) is 17.7 Å². The van der Waals surface area contributed by atoms with E-state index < -0.39 is 0 Å². The van der Waals surface area contributed by atoms with E-state index in [4.69, 9.17) is 4.74 Å². The van der Waals surface area contributed by atoms with Crippen molar-refractivity contribution in [3.8, 4) is 5.75 Å². The third kappa shape index (κ3) is 3.87. The van der Waals surface area contributed by atoms with Gasteiger partial charge in [-0.3, -0.25) is 13.9 Å². The summed E-state index contributed by atoms with van der Waals surface area (Å²) < 4.78 is 9.95. The van der Waals surface area contributed by atoms with Crippen LogP contribution in [0.4, 0.5) is 0 Å². The lowest BCUT2D eigenvalue weighted by Crippen LogP contribution is -2.42. The van der Waals surface area contributed by atoms with Gasteiger partial charge in [-0.2, -0.15) is 0 Å². The smallest absolute Gasteiger partial charge is 0.332 e. The van der Waals surface area contributed by atoms with Crippen LogP contribution in [0.5, 0.6) is 5.75 Å². The van der Waals surface area contributed by atoms with Crippen molar-refractivity contribution in [2.45, 2.75) is 33.0 Å². The van der Waals surface area contributed by atoms with Crippen LogP contribution in [0.1, 0.15) is 18.9 Å². The Kier molecular flexibility index (Phi) is 5.99. The maximum Gasteiger partial charge on any atom is 0.332 e. The third-order valence-corrected chi connectivity index (χ3v) is 4.71. The highest BCUT2D eigenvalue weighted by Crippen LogP contribution is 2.14. The molecule has 0 aliphatic heterocycles. The number of benzene rings is 1. The minimum absolute atomic E-state index is 0.291. The zero-order valence-corrected chi connectivity index (χ0v) is 16.9. The average Bonchev–Trinajstić information content (AvgIpc) is 3.09. The molecule has 0 radical (unpaired) electrons. The number of aryl methyl sites for hydroxylation is 1. The first-order chi connectivity index (χ1) is 13.5. The summed E-state index contributed by atoms with van der Waals surface area (Å²) in [5, 5.41) is 0. The van der Waals surface area contributed by atoms with Crippen LogP contribution < -0.4 is 16.0 Å². The number of rotatable bonds is 8. The molecule has 0 bridgehead atoms. The second-order valence-corrected chi connectivity index (χ2v) is 7.09.